The molecule has 0 radical (unpaired) electrons. The minimum absolute atomic E-state index is 0.364. The third kappa shape index (κ3) is 1.38. The van der Waals surface area contributed by atoms with Crippen LogP contribution in [0.25, 0.3) is 0 Å². The molecule has 2 unspecified atom stereocenters. The molecule has 1 aromatic rings. The van der Waals surface area contributed by atoms with Crippen molar-refractivity contribution < 1.29 is 5.11 Å². The Hall–Kier alpha value is -1.22. The SMILES string of the molecule is CN1CC2CC1CN2c1cccc(O)c1. The molecule has 2 heterocycles. The van der Waals surface area contributed by atoms with Gasteiger partial charge in [0, 0.05) is 36.9 Å². The summed E-state index contributed by atoms with van der Waals surface area (Å²) in [4.78, 5) is 4.86. The van der Waals surface area contributed by atoms with Gasteiger partial charge in [0.05, 0.1) is 0 Å². The van der Waals surface area contributed by atoms with E-state index in [1.165, 1.54) is 6.42 Å². The summed E-state index contributed by atoms with van der Waals surface area (Å²) in [5.74, 6) is 0.364. The van der Waals surface area contributed by atoms with Crippen LogP contribution in [0.15, 0.2) is 24.3 Å². The third-order valence-electron chi connectivity index (χ3n) is 3.68. The lowest BCUT2D eigenvalue weighted by atomic mass is 10.2. The van der Waals surface area contributed by atoms with E-state index in [0.29, 0.717) is 17.8 Å². The van der Waals surface area contributed by atoms with Crippen molar-refractivity contribution in [3.8, 4) is 5.75 Å². The summed E-state index contributed by atoms with van der Waals surface area (Å²) >= 11 is 0. The van der Waals surface area contributed by atoms with E-state index in [1.807, 2.05) is 12.1 Å². The number of benzene rings is 1. The van der Waals surface area contributed by atoms with E-state index in [1.54, 1.807) is 6.07 Å². The zero-order valence-electron chi connectivity index (χ0n) is 8.93. The Morgan fingerprint density at radius 3 is 2.73 bits per heavy atom. The van der Waals surface area contributed by atoms with Gasteiger partial charge in [-0.2, -0.15) is 0 Å². The van der Waals surface area contributed by atoms with Crippen LogP contribution in [0.3, 0.4) is 0 Å². The van der Waals surface area contributed by atoms with E-state index >= 15 is 0 Å². The Kier molecular flexibility index (Phi) is 1.89. The first kappa shape index (κ1) is 9.04. The summed E-state index contributed by atoms with van der Waals surface area (Å²) in [6.45, 7) is 2.25. The first-order valence-corrected chi connectivity index (χ1v) is 5.50. The molecule has 2 saturated heterocycles. The quantitative estimate of drug-likeness (QED) is 0.746. The molecule has 1 N–H and O–H groups in total. The molecular formula is C12H16N2O. The van der Waals surface area contributed by atoms with Crippen molar-refractivity contribution >= 4 is 5.69 Å². The first-order valence-electron chi connectivity index (χ1n) is 5.50. The minimum atomic E-state index is 0.364. The predicted molar refractivity (Wildman–Crippen MR) is 60.3 cm³/mol. The number of hydrogen-bond acceptors (Lipinski definition) is 3. The number of likely N-dealkylation sites (tertiary alicyclic amines) is 1. The molecule has 1 aromatic carbocycles. The highest BCUT2D eigenvalue weighted by atomic mass is 16.3. The first-order chi connectivity index (χ1) is 7.24. The number of phenols is 1. The monoisotopic (exact) mass is 204 g/mol. The highest BCUT2D eigenvalue weighted by molar-refractivity contribution is 5.53. The van der Waals surface area contributed by atoms with Gasteiger partial charge in [0.25, 0.3) is 0 Å². The predicted octanol–water partition coefficient (Wildman–Crippen LogP) is 1.28. The summed E-state index contributed by atoms with van der Waals surface area (Å²) < 4.78 is 0. The number of phenolic OH excluding ortho intramolecular Hbond substituents is 1. The molecule has 3 heteroatoms. The van der Waals surface area contributed by atoms with Crippen molar-refractivity contribution in [2.45, 2.75) is 18.5 Å². The van der Waals surface area contributed by atoms with Crippen LogP contribution >= 0.6 is 0 Å². The zero-order chi connectivity index (χ0) is 10.4. The molecule has 15 heavy (non-hydrogen) atoms. The second kappa shape index (κ2) is 3.14. The van der Waals surface area contributed by atoms with E-state index in [9.17, 15) is 5.11 Å². The highest BCUT2D eigenvalue weighted by Crippen LogP contribution is 2.34. The Balaban J connectivity index is 1.86. The Bertz CT molecular complexity index is 378. The lowest BCUT2D eigenvalue weighted by Gasteiger charge is -2.33. The second-order valence-electron chi connectivity index (χ2n) is 4.66. The van der Waals surface area contributed by atoms with Gasteiger partial charge < -0.3 is 10.0 Å². The highest BCUT2D eigenvalue weighted by Gasteiger charge is 2.41. The fourth-order valence-corrected chi connectivity index (χ4v) is 2.85. The summed E-state index contributed by atoms with van der Waals surface area (Å²) in [5.41, 5.74) is 1.16. The fraction of sp³-hybridized carbons (Fsp3) is 0.500. The molecular weight excluding hydrogens is 188 g/mol. The lowest BCUT2D eigenvalue weighted by Crippen LogP contribution is -2.44. The number of hydrogen-bond donors (Lipinski definition) is 1. The Morgan fingerprint density at radius 2 is 2.13 bits per heavy atom. The van der Waals surface area contributed by atoms with Gasteiger partial charge in [-0.15, -0.1) is 0 Å². The van der Waals surface area contributed by atoms with Crippen LogP contribution in [0.4, 0.5) is 5.69 Å². The number of piperazine rings is 1. The van der Waals surface area contributed by atoms with Gasteiger partial charge in [0.2, 0.25) is 0 Å². The van der Waals surface area contributed by atoms with Gasteiger partial charge in [0.1, 0.15) is 5.75 Å². The number of anilines is 1. The number of fused-ring (bicyclic) bond motifs is 2. The maximum absolute atomic E-state index is 9.46. The number of aromatic hydroxyl groups is 1. The van der Waals surface area contributed by atoms with E-state index in [-0.39, 0.29) is 0 Å². The van der Waals surface area contributed by atoms with Crippen LogP contribution in [0.5, 0.6) is 5.75 Å². The molecule has 0 aliphatic carbocycles. The number of rotatable bonds is 1. The standard InChI is InChI=1S/C12H16N2O/c1-13-7-11-5-10(13)8-14(11)9-3-2-4-12(15)6-9/h2-4,6,10-11,15H,5,7-8H2,1H3. The summed E-state index contributed by atoms with van der Waals surface area (Å²) in [6, 6.07) is 8.94. The molecule has 0 saturated carbocycles. The molecule has 0 amide bonds. The largest absolute Gasteiger partial charge is 0.508 e. The van der Waals surface area contributed by atoms with Crippen molar-refractivity contribution in [2.24, 2.45) is 0 Å². The molecule has 2 fully saturated rings. The topological polar surface area (TPSA) is 26.7 Å². The summed E-state index contributed by atoms with van der Waals surface area (Å²) in [5, 5.41) is 9.46. The van der Waals surface area contributed by atoms with E-state index in [4.69, 9.17) is 0 Å². The fourth-order valence-electron chi connectivity index (χ4n) is 2.85. The van der Waals surface area contributed by atoms with Crippen molar-refractivity contribution in [3.05, 3.63) is 24.3 Å². The molecule has 80 valence electrons. The average Bonchev–Trinajstić information content (AvgIpc) is 2.76. The summed E-state index contributed by atoms with van der Waals surface area (Å²) in [6.07, 6.45) is 1.27. The average molecular weight is 204 g/mol. The van der Waals surface area contributed by atoms with Gasteiger partial charge in [-0.25, -0.2) is 0 Å². The molecule has 2 atom stereocenters. The summed E-state index contributed by atoms with van der Waals surface area (Å²) in [7, 11) is 2.20. The minimum Gasteiger partial charge on any atom is -0.508 e. The smallest absolute Gasteiger partial charge is 0.117 e. The maximum Gasteiger partial charge on any atom is 0.117 e. The van der Waals surface area contributed by atoms with E-state index < -0.39 is 0 Å². The molecule has 2 aliphatic rings. The lowest BCUT2D eigenvalue weighted by molar-refractivity contribution is 0.292. The normalized spacial score (nSPS) is 30.1. The number of likely N-dealkylation sites (N-methyl/N-ethyl adjacent to an activating group) is 1. The molecule has 0 aromatic heterocycles. The molecule has 0 spiro atoms. The van der Waals surface area contributed by atoms with Gasteiger partial charge in [-0.05, 0) is 25.6 Å². The van der Waals surface area contributed by atoms with Crippen LogP contribution < -0.4 is 4.90 Å². The Labute approximate surface area is 89.9 Å². The van der Waals surface area contributed by atoms with Gasteiger partial charge in [-0.1, -0.05) is 6.07 Å². The Morgan fingerprint density at radius 1 is 1.27 bits per heavy atom. The molecule has 2 bridgehead atoms. The van der Waals surface area contributed by atoms with E-state index in [2.05, 4.69) is 22.9 Å². The zero-order valence-corrected chi connectivity index (χ0v) is 8.93. The van der Waals surface area contributed by atoms with E-state index in [0.717, 1.165) is 18.8 Å². The van der Waals surface area contributed by atoms with Crippen molar-refractivity contribution in [2.75, 3.05) is 25.0 Å². The second-order valence-corrected chi connectivity index (χ2v) is 4.66. The van der Waals surface area contributed by atoms with Crippen molar-refractivity contribution in [1.29, 1.82) is 0 Å². The van der Waals surface area contributed by atoms with Crippen LogP contribution in [0.1, 0.15) is 6.42 Å². The third-order valence-corrected chi connectivity index (χ3v) is 3.68. The van der Waals surface area contributed by atoms with Gasteiger partial charge in [0.15, 0.2) is 0 Å². The molecule has 3 nitrogen and oxygen atoms in total. The molecule has 2 aliphatic heterocycles. The van der Waals surface area contributed by atoms with Crippen LogP contribution in [-0.2, 0) is 0 Å². The number of nitrogens with zero attached hydrogens (tertiary/aromatic N) is 2. The van der Waals surface area contributed by atoms with Gasteiger partial charge in [-0.3, -0.25) is 4.90 Å². The maximum atomic E-state index is 9.46. The van der Waals surface area contributed by atoms with Crippen LogP contribution in [0, 0.1) is 0 Å². The van der Waals surface area contributed by atoms with Crippen molar-refractivity contribution in [3.63, 3.8) is 0 Å². The van der Waals surface area contributed by atoms with Gasteiger partial charge >= 0.3 is 0 Å². The van der Waals surface area contributed by atoms with Crippen molar-refractivity contribution in [1.82, 2.24) is 4.90 Å². The molecule has 3 rings (SSSR count). The van der Waals surface area contributed by atoms with Crippen LogP contribution in [-0.4, -0.2) is 42.2 Å². The van der Waals surface area contributed by atoms with Crippen LogP contribution in [0.2, 0.25) is 0 Å².